The maximum atomic E-state index is 11.2. The highest BCUT2D eigenvalue weighted by Crippen LogP contribution is 1.96. The number of guanidine groups is 1. The molecule has 1 atom stereocenters. The van der Waals surface area contributed by atoms with E-state index in [9.17, 15) is 8.42 Å². The summed E-state index contributed by atoms with van der Waals surface area (Å²) in [6.07, 6.45) is 3.82. The fourth-order valence-electron chi connectivity index (χ4n) is 1.67. The van der Waals surface area contributed by atoms with Crippen molar-refractivity contribution in [3.05, 3.63) is 0 Å². The lowest BCUT2D eigenvalue weighted by Crippen LogP contribution is -2.42. The Hall–Kier alpha value is -0.820. The monoisotopic (exact) mass is 321 g/mol. The molecule has 0 rings (SSSR count). The fourth-order valence-corrected chi connectivity index (χ4v) is 2.45. The van der Waals surface area contributed by atoms with Gasteiger partial charge in [-0.15, -0.1) is 0 Å². The maximum absolute atomic E-state index is 11.2. The van der Waals surface area contributed by atoms with Gasteiger partial charge in [-0.2, -0.15) is 0 Å². The first kappa shape index (κ1) is 20.2. The van der Waals surface area contributed by atoms with Crippen LogP contribution in [0, 0.1) is 0 Å². The van der Waals surface area contributed by atoms with Crippen LogP contribution in [0.1, 0.15) is 40.0 Å². The van der Waals surface area contributed by atoms with Gasteiger partial charge in [0.25, 0.3) is 0 Å². The van der Waals surface area contributed by atoms with Crippen molar-refractivity contribution >= 4 is 15.8 Å². The van der Waals surface area contributed by atoms with Gasteiger partial charge in [-0.1, -0.05) is 0 Å². The third-order valence-electron chi connectivity index (χ3n) is 2.82. The largest absolute Gasteiger partial charge is 0.382 e. The van der Waals surface area contributed by atoms with Crippen LogP contribution in [0.3, 0.4) is 0 Å². The molecule has 0 aliphatic heterocycles. The van der Waals surface area contributed by atoms with Crippen LogP contribution in [0.15, 0.2) is 4.99 Å². The summed E-state index contributed by atoms with van der Waals surface area (Å²) in [5, 5.41) is 6.41. The Bertz CT molecular complexity index is 383. The van der Waals surface area contributed by atoms with Gasteiger partial charge in [0.15, 0.2) is 5.96 Å². The van der Waals surface area contributed by atoms with Crippen LogP contribution < -0.4 is 10.6 Å². The second-order valence-electron chi connectivity index (χ2n) is 5.13. The van der Waals surface area contributed by atoms with Crippen molar-refractivity contribution in [3.63, 3.8) is 0 Å². The van der Waals surface area contributed by atoms with Gasteiger partial charge in [0.05, 0.1) is 5.75 Å². The molecular weight excluding hydrogens is 290 g/mol. The van der Waals surface area contributed by atoms with Crippen LogP contribution in [0.25, 0.3) is 0 Å². The number of nitrogens with one attached hydrogen (secondary N) is 2. The molecule has 2 N–H and O–H groups in total. The summed E-state index contributed by atoms with van der Waals surface area (Å²) in [4.78, 5) is 4.48. The minimum atomic E-state index is -2.91. The van der Waals surface area contributed by atoms with Crippen LogP contribution in [0.4, 0.5) is 0 Å². The molecule has 0 aliphatic rings. The van der Waals surface area contributed by atoms with Gasteiger partial charge in [-0.05, 0) is 40.0 Å². The quantitative estimate of drug-likeness (QED) is 0.339. The number of rotatable bonds is 11. The highest BCUT2D eigenvalue weighted by atomic mass is 32.2. The first-order valence-corrected chi connectivity index (χ1v) is 9.75. The van der Waals surface area contributed by atoms with Crippen LogP contribution in [0.5, 0.6) is 0 Å². The number of unbranched alkanes of at least 4 members (excludes halogenated alkanes) is 1. The standard InChI is InChI=1S/C14H31N3O3S/c1-5-15-14(16-10-7-8-11-20-6-2)17-13(3)9-12-21(4,18)19/h13H,5-12H2,1-4H3,(H2,15,16,17). The molecule has 7 heteroatoms. The molecule has 0 aromatic carbocycles. The molecular formula is C14H31N3O3S. The van der Waals surface area contributed by atoms with Crippen molar-refractivity contribution in [2.24, 2.45) is 4.99 Å². The molecule has 0 saturated heterocycles. The van der Waals surface area contributed by atoms with E-state index in [4.69, 9.17) is 4.74 Å². The van der Waals surface area contributed by atoms with Gasteiger partial charge in [-0.3, -0.25) is 4.99 Å². The highest BCUT2D eigenvalue weighted by Gasteiger charge is 2.09. The molecule has 21 heavy (non-hydrogen) atoms. The van der Waals surface area contributed by atoms with Gasteiger partial charge in [0.2, 0.25) is 0 Å². The summed E-state index contributed by atoms with van der Waals surface area (Å²) >= 11 is 0. The van der Waals surface area contributed by atoms with E-state index in [0.717, 1.165) is 45.1 Å². The summed E-state index contributed by atoms with van der Waals surface area (Å²) in [5.41, 5.74) is 0. The fraction of sp³-hybridized carbons (Fsp3) is 0.929. The van der Waals surface area contributed by atoms with E-state index in [0.29, 0.717) is 6.42 Å². The first-order chi connectivity index (χ1) is 9.89. The molecule has 0 aliphatic carbocycles. The molecule has 0 spiro atoms. The number of sulfone groups is 1. The van der Waals surface area contributed by atoms with E-state index in [2.05, 4.69) is 15.6 Å². The van der Waals surface area contributed by atoms with Crippen molar-refractivity contribution in [1.82, 2.24) is 10.6 Å². The molecule has 0 fully saturated rings. The number of hydrogen-bond acceptors (Lipinski definition) is 4. The van der Waals surface area contributed by atoms with Crippen LogP contribution in [-0.4, -0.2) is 58.7 Å². The molecule has 1 unspecified atom stereocenters. The Morgan fingerprint density at radius 3 is 2.57 bits per heavy atom. The van der Waals surface area contributed by atoms with Crippen molar-refractivity contribution in [1.29, 1.82) is 0 Å². The molecule has 6 nitrogen and oxygen atoms in total. The van der Waals surface area contributed by atoms with E-state index in [1.807, 2.05) is 20.8 Å². The van der Waals surface area contributed by atoms with Crippen LogP contribution in [0.2, 0.25) is 0 Å². The van der Waals surface area contributed by atoms with E-state index in [-0.39, 0.29) is 11.8 Å². The minimum absolute atomic E-state index is 0.0703. The molecule has 126 valence electrons. The maximum Gasteiger partial charge on any atom is 0.191 e. The average Bonchev–Trinajstić information content (AvgIpc) is 2.40. The van der Waals surface area contributed by atoms with E-state index in [1.165, 1.54) is 6.26 Å². The second-order valence-corrected chi connectivity index (χ2v) is 7.39. The molecule has 0 aromatic rings. The third kappa shape index (κ3) is 13.9. The van der Waals surface area contributed by atoms with Gasteiger partial charge >= 0.3 is 0 Å². The van der Waals surface area contributed by atoms with Crippen molar-refractivity contribution in [3.8, 4) is 0 Å². The normalized spacial score (nSPS) is 14.0. The van der Waals surface area contributed by atoms with E-state index in [1.54, 1.807) is 0 Å². The van der Waals surface area contributed by atoms with Gasteiger partial charge in [0, 0.05) is 38.6 Å². The average molecular weight is 321 g/mol. The Labute approximate surface area is 129 Å². The molecule has 0 aromatic heterocycles. The lowest BCUT2D eigenvalue weighted by atomic mass is 10.3. The Balaban J connectivity index is 4.09. The lowest BCUT2D eigenvalue weighted by Gasteiger charge is -2.17. The molecule has 0 saturated carbocycles. The zero-order valence-electron chi connectivity index (χ0n) is 13.8. The van der Waals surface area contributed by atoms with Crippen molar-refractivity contribution in [2.75, 3.05) is 38.3 Å². The number of hydrogen-bond donors (Lipinski definition) is 2. The third-order valence-corrected chi connectivity index (χ3v) is 3.80. The van der Waals surface area contributed by atoms with Gasteiger partial charge < -0.3 is 15.4 Å². The first-order valence-electron chi connectivity index (χ1n) is 7.69. The predicted octanol–water partition coefficient (Wildman–Crippen LogP) is 1.18. The summed E-state index contributed by atoms with van der Waals surface area (Å²) in [6.45, 7) is 9.01. The summed E-state index contributed by atoms with van der Waals surface area (Å²) in [7, 11) is -2.91. The topological polar surface area (TPSA) is 79.8 Å². The Morgan fingerprint density at radius 1 is 1.29 bits per heavy atom. The van der Waals surface area contributed by atoms with Gasteiger partial charge in [0.1, 0.15) is 9.84 Å². The van der Waals surface area contributed by atoms with E-state index >= 15 is 0 Å². The van der Waals surface area contributed by atoms with Crippen molar-refractivity contribution < 1.29 is 13.2 Å². The highest BCUT2D eigenvalue weighted by molar-refractivity contribution is 7.90. The molecule has 0 radical (unpaired) electrons. The van der Waals surface area contributed by atoms with E-state index < -0.39 is 9.84 Å². The Morgan fingerprint density at radius 2 is 2.00 bits per heavy atom. The number of nitrogens with zero attached hydrogens (tertiary/aromatic N) is 1. The molecule has 0 heterocycles. The lowest BCUT2D eigenvalue weighted by molar-refractivity contribution is 0.144. The van der Waals surface area contributed by atoms with Crippen LogP contribution >= 0.6 is 0 Å². The Kier molecular flexibility index (Phi) is 11.3. The van der Waals surface area contributed by atoms with Gasteiger partial charge in [-0.25, -0.2) is 8.42 Å². The molecule has 0 bridgehead atoms. The zero-order chi connectivity index (χ0) is 16.1. The SMILES string of the molecule is CCNC(=NCCCCOCC)NC(C)CCS(C)(=O)=O. The minimum Gasteiger partial charge on any atom is -0.382 e. The van der Waals surface area contributed by atoms with Crippen LogP contribution in [-0.2, 0) is 14.6 Å². The second kappa shape index (κ2) is 11.8. The number of ether oxygens (including phenoxy) is 1. The number of aliphatic imine (C=N–C) groups is 1. The summed E-state index contributed by atoms with van der Waals surface area (Å²) < 4.78 is 27.6. The summed E-state index contributed by atoms with van der Waals surface area (Å²) in [5.74, 6) is 0.935. The molecule has 0 amide bonds. The smallest absolute Gasteiger partial charge is 0.191 e. The summed E-state index contributed by atoms with van der Waals surface area (Å²) in [6, 6.07) is 0.0703. The van der Waals surface area contributed by atoms with Crippen molar-refractivity contribution in [2.45, 2.75) is 46.1 Å². The zero-order valence-corrected chi connectivity index (χ0v) is 14.6. The predicted molar refractivity (Wildman–Crippen MR) is 88.6 cm³/mol.